The van der Waals surface area contributed by atoms with Gasteiger partial charge < -0.3 is 16.0 Å². The molecule has 2 aromatic carbocycles. The Bertz CT molecular complexity index is 827. The molecule has 0 heterocycles. The van der Waals surface area contributed by atoms with Gasteiger partial charge in [0.25, 0.3) is 0 Å². The molecule has 3 N–H and O–H groups in total. The maximum Gasteiger partial charge on any atom is 0.243 e. The molecule has 0 atom stereocenters. The molecule has 0 fully saturated rings. The van der Waals surface area contributed by atoms with E-state index in [1.54, 1.807) is 37.4 Å². The number of nitrogens with zero attached hydrogens (tertiary/aromatic N) is 1. The Morgan fingerprint density at radius 3 is 2.73 bits per heavy atom. The third-order valence-electron chi connectivity index (χ3n) is 3.55. The lowest BCUT2D eigenvalue weighted by atomic mass is 10.1. The van der Waals surface area contributed by atoms with Gasteiger partial charge in [-0.3, -0.25) is 9.79 Å². The number of hydrogen-bond acceptors (Lipinski definition) is 2. The van der Waals surface area contributed by atoms with Crippen LogP contribution in [0.25, 0.3) is 0 Å². The fourth-order valence-corrected chi connectivity index (χ4v) is 2.29. The van der Waals surface area contributed by atoms with E-state index in [1.165, 1.54) is 12.1 Å². The molecule has 2 rings (SSSR count). The van der Waals surface area contributed by atoms with E-state index >= 15 is 0 Å². The lowest BCUT2D eigenvalue weighted by Crippen LogP contribution is -2.42. The first-order valence-electron chi connectivity index (χ1n) is 8.16. The molecule has 0 aliphatic rings. The summed E-state index contributed by atoms with van der Waals surface area (Å²) >= 11 is 0. The Balaban J connectivity index is 1.75. The van der Waals surface area contributed by atoms with Crippen molar-refractivity contribution >= 4 is 17.6 Å². The number of guanidine groups is 1. The van der Waals surface area contributed by atoms with Gasteiger partial charge in [0, 0.05) is 24.8 Å². The molecule has 0 radical (unpaired) electrons. The van der Waals surface area contributed by atoms with Crippen LogP contribution in [0.2, 0.25) is 0 Å². The molecule has 0 aliphatic heterocycles. The number of carbonyl (C=O) groups excluding carboxylic acids is 1. The zero-order valence-corrected chi connectivity index (χ0v) is 14.6. The quantitative estimate of drug-likeness (QED) is 0.424. The van der Waals surface area contributed by atoms with E-state index < -0.39 is 0 Å². The molecule has 0 spiro atoms. The third-order valence-corrected chi connectivity index (χ3v) is 3.55. The van der Waals surface area contributed by atoms with E-state index in [9.17, 15) is 9.18 Å². The van der Waals surface area contributed by atoms with E-state index in [0.717, 1.165) is 5.56 Å². The van der Waals surface area contributed by atoms with Gasteiger partial charge in [0.1, 0.15) is 5.82 Å². The molecule has 0 unspecified atom stereocenters. The molecule has 0 saturated heterocycles. The molecule has 134 valence electrons. The Morgan fingerprint density at radius 2 is 2.00 bits per heavy atom. The minimum Gasteiger partial charge on any atom is -0.356 e. The van der Waals surface area contributed by atoms with Crippen molar-refractivity contribution in [3.63, 3.8) is 0 Å². The van der Waals surface area contributed by atoms with E-state index in [2.05, 4.69) is 26.9 Å². The highest BCUT2D eigenvalue weighted by Crippen LogP contribution is 2.09. The van der Waals surface area contributed by atoms with Gasteiger partial charge in [0.2, 0.25) is 5.91 Å². The van der Waals surface area contributed by atoms with Gasteiger partial charge in [-0.15, -0.1) is 6.42 Å². The molecule has 1 amide bonds. The second-order valence-corrected chi connectivity index (χ2v) is 5.51. The second kappa shape index (κ2) is 9.84. The first-order chi connectivity index (χ1) is 12.6. The summed E-state index contributed by atoms with van der Waals surface area (Å²) < 4.78 is 13.1. The number of terminal acetylenes is 1. The van der Waals surface area contributed by atoms with Crippen molar-refractivity contribution in [3.05, 3.63) is 65.5 Å². The number of hydrogen-bond donors (Lipinski definition) is 3. The Kier molecular flexibility index (Phi) is 7.19. The number of halogens is 1. The molecule has 26 heavy (non-hydrogen) atoms. The fourth-order valence-electron chi connectivity index (χ4n) is 2.29. The van der Waals surface area contributed by atoms with Crippen molar-refractivity contribution in [2.75, 3.05) is 25.5 Å². The first kappa shape index (κ1) is 19.0. The standard InChI is InChI=1S/C20H21FN4O/c1-3-15-6-5-9-18(13-15)25-19(26)14-24-20(22-2)23-11-10-16-7-4-8-17(21)12-16/h1,4-9,12-13H,10-11,14H2,2H3,(H,25,26)(H2,22,23,24). The predicted molar refractivity (Wildman–Crippen MR) is 102 cm³/mol. The van der Waals surface area contributed by atoms with Gasteiger partial charge >= 0.3 is 0 Å². The molecule has 0 aromatic heterocycles. The minimum atomic E-state index is -0.254. The monoisotopic (exact) mass is 352 g/mol. The van der Waals surface area contributed by atoms with Crippen molar-refractivity contribution in [1.29, 1.82) is 0 Å². The maximum absolute atomic E-state index is 13.1. The van der Waals surface area contributed by atoms with Gasteiger partial charge in [-0.1, -0.05) is 24.1 Å². The summed E-state index contributed by atoms with van der Waals surface area (Å²) in [5.74, 6) is 2.55. The molecule has 0 saturated carbocycles. The molecule has 0 aliphatic carbocycles. The molecular formula is C20H21FN4O. The number of amides is 1. The average Bonchev–Trinajstić information content (AvgIpc) is 2.64. The minimum absolute atomic E-state index is 0.0555. The van der Waals surface area contributed by atoms with Crippen LogP contribution in [0, 0.1) is 18.2 Å². The lowest BCUT2D eigenvalue weighted by Gasteiger charge is -2.12. The van der Waals surface area contributed by atoms with Crippen LogP contribution in [0.4, 0.5) is 10.1 Å². The number of anilines is 1. The number of rotatable bonds is 6. The van der Waals surface area contributed by atoms with E-state index in [-0.39, 0.29) is 18.3 Å². The number of carbonyl (C=O) groups is 1. The summed E-state index contributed by atoms with van der Waals surface area (Å²) in [5.41, 5.74) is 2.23. The van der Waals surface area contributed by atoms with Crippen LogP contribution >= 0.6 is 0 Å². The molecule has 6 heteroatoms. The Labute approximate surface area is 152 Å². The summed E-state index contributed by atoms with van der Waals surface area (Å²) in [6.45, 7) is 0.620. The van der Waals surface area contributed by atoms with Gasteiger partial charge in [0.15, 0.2) is 5.96 Å². The highest BCUT2D eigenvalue weighted by molar-refractivity contribution is 5.95. The molecule has 0 bridgehead atoms. The van der Waals surface area contributed by atoms with E-state index in [0.29, 0.717) is 30.2 Å². The summed E-state index contributed by atoms with van der Waals surface area (Å²) in [7, 11) is 1.62. The van der Waals surface area contributed by atoms with Gasteiger partial charge in [-0.05, 0) is 42.3 Å². The fraction of sp³-hybridized carbons (Fsp3) is 0.200. The zero-order chi connectivity index (χ0) is 18.8. The smallest absolute Gasteiger partial charge is 0.243 e. The average molecular weight is 352 g/mol. The maximum atomic E-state index is 13.1. The topological polar surface area (TPSA) is 65.5 Å². The molecular weight excluding hydrogens is 331 g/mol. The van der Waals surface area contributed by atoms with Crippen LogP contribution in [0.1, 0.15) is 11.1 Å². The van der Waals surface area contributed by atoms with Crippen LogP contribution in [-0.4, -0.2) is 32.0 Å². The molecule has 2 aromatic rings. The summed E-state index contributed by atoms with van der Waals surface area (Å²) in [6.07, 6.45) is 5.99. The van der Waals surface area contributed by atoms with Gasteiger partial charge in [-0.2, -0.15) is 0 Å². The van der Waals surface area contributed by atoms with Crippen molar-refractivity contribution in [2.45, 2.75) is 6.42 Å². The van der Waals surface area contributed by atoms with Crippen molar-refractivity contribution in [1.82, 2.24) is 10.6 Å². The highest BCUT2D eigenvalue weighted by atomic mass is 19.1. The van der Waals surface area contributed by atoms with Crippen LogP contribution in [-0.2, 0) is 11.2 Å². The largest absolute Gasteiger partial charge is 0.356 e. The van der Waals surface area contributed by atoms with Gasteiger partial charge in [0.05, 0.1) is 6.54 Å². The van der Waals surface area contributed by atoms with Crippen LogP contribution in [0.3, 0.4) is 0 Å². The van der Waals surface area contributed by atoms with Crippen LogP contribution < -0.4 is 16.0 Å². The Hall–Kier alpha value is -3.33. The number of aliphatic imine (C=N–C) groups is 1. The first-order valence-corrected chi connectivity index (χ1v) is 8.16. The highest BCUT2D eigenvalue weighted by Gasteiger charge is 2.05. The van der Waals surface area contributed by atoms with E-state index in [1.807, 2.05) is 6.07 Å². The zero-order valence-electron chi connectivity index (χ0n) is 14.6. The summed E-state index contributed by atoms with van der Waals surface area (Å²) in [4.78, 5) is 16.1. The van der Waals surface area contributed by atoms with Crippen molar-refractivity contribution in [2.24, 2.45) is 4.99 Å². The number of nitrogens with one attached hydrogen (secondary N) is 3. The van der Waals surface area contributed by atoms with Crippen molar-refractivity contribution < 1.29 is 9.18 Å². The lowest BCUT2D eigenvalue weighted by molar-refractivity contribution is -0.115. The normalized spacial score (nSPS) is 10.7. The summed E-state index contributed by atoms with van der Waals surface area (Å²) in [5, 5.41) is 8.78. The SMILES string of the molecule is C#Cc1cccc(NC(=O)CNC(=NC)NCCc2cccc(F)c2)c1. The van der Waals surface area contributed by atoms with Gasteiger partial charge in [-0.25, -0.2) is 4.39 Å². The second-order valence-electron chi connectivity index (χ2n) is 5.51. The predicted octanol–water partition coefficient (Wildman–Crippen LogP) is 2.15. The number of benzene rings is 2. The van der Waals surface area contributed by atoms with Crippen molar-refractivity contribution in [3.8, 4) is 12.3 Å². The van der Waals surface area contributed by atoms with Crippen LogP contribution in [0.5, 0.6) is 0 Å². The van der Waals surface area contributed by atoms with Crippen LogP contribution in [0.15, 0.2) is 53.5 Å². The third kappa shape index (κ3) is 6.29. The Morgan fingerprint density at radius 1 is 1.19 bits per heavy atom. The molecule has 5 nitrogen and oxygen atoms in total. The van der Waals surface area contributed by atoms with E-state index in [4.69, 9.17) is 6.42 Å². The summed E-state index contributed by atoms with van der Waals surface area (Å²) in [6, 6.07) is 13.5.